The van der Waals surface area contributed by atoms with Gasteiger partial charge in [-0.2, -0.15) is 0 Å². The molecule has 2 aromatic heterocycles. The lowest BCUT2D eigenvalue weighted by molar-refractivity contribution is -0.113. The van der Waals surface area contributed by atoms with Crippen LogP contribution in [0.4, 0.5) is 5.69 Å². The molecule has 1 amide bonds. The number of anilines is 1. The SMILES string of the molecule is CCn1c(SCC(=O)Nc2cccc(Cl)c2)nc2sc(C)c(C)c2c1=O. The average Bonchev–Trinajstić information content (AvgIpc) is 2.87. The number of rotatable bonds is 5. The first-order chi connectivity index (χ1) is 12.4. The first-order valence-corrected chi connectivity index (χ1v) is 10.3. The molecule has 3 rings (SSSR count). The Kier molecular flexibility index (Phi) is 5.70. The van der Waals surface area contributed by atoms with Gasteiger partial charge >= 0.3 is 0 Å². The molecule has 0 spiro atoms. The van der Waals surface area contributed by atoms with Gasteiger partial charge in [0.2, 0.25) is 5.91 Å². The van der Waals surface area contributed by atoms with Crippen molar-refractivity contribution in [2.45, 2.75) is 32.5 Å². The maximum absolute atomic E-state index is 12.8. The van der Waals surface area contributed by atoms with Crippen molar-refractivity contribution in [3.05, 3.63) is 50.1 Å². The average molecular weight is 408 g/mol. The van der Waals surface area contributed by atoms with Crippen LogP contribution in [0.1, 0.15) is 17.4 Å². The summed E-state index contributed by atoms with van der Waals surface area (Å²) in [5.41, 5.74) is 1.58. The normalized spacial score (nSPS) is 11.1. The predicted molar refractivity (Wildman–Crippen MR) is 110 cm³/mol. The molecule has 0 fully saturated rings. The molecule has 8 heteroatoms. The number of aromatic nitrogens is 2. The van der Waals surface area contributed by atoms with E-state index in [1.807, 2.05) is 20.8 Å². The van der Waals surface area contributed by atoms with E-state index < -0.39 is 0 Å². The summed E-state index contributed by atoms with van der Waals surface area (Å²) in [4.78, 5) is 31.4. The highest BCUT2D eigenvalue weighted by Crippen LogP contribution is 2.28. The fourth-order valence-corrected chi connectivity index (χ4v) is 4.72. The van der Waals surface area contributed by atoms with Crippen molar-refractivity contribution in [1.82, 2.24) is 9.55 Å². The van der Waals surface area contributed by atoms with E-state index in [1.54, 1.807) is 28.8 Å². The van der Waals surface area contributed by atoms with Crippen LogP contribution in [0.25, 0.3) is 10.2 Å². The molecule has 1 N–H and O–H groups in total. The van der Waals surface area contributed by atoms with Gasteiger partial charge < -0.3 is 5.32 Å². The van der Waals surface area contributed by atoms with Crippen LogP contribution in [-0.2, 0) is 11.3 Å². The number of carbonyl (C=O) groups excluding carboxylic acids is 1. The molecular formula is C18H18ClN3O2S2. The zero-order chi connectivity index (χ0) is 18.8. The zero-order valence-corrected chi connectivity index (χ0v) is 17.0. The molecule has 0 unspecified atom stereocenters. The van der Waals surface area contributed by atoms with E-state index in [2.05, 4.69) is 10.3 Å². The molecular weight excluding hydrogens is 390 g/mol. The number of nitrogens with zero attached hydrogens (tertiary/aromatic N) is 2. The Labute approximate surface area is 164 Å². The second-order valence-electron chi connectivity index (χ2n) is 5.75. The minimum atomic E-state index is -0.173. The third kappa shape index (κ3) is 3.79. The van der Waals surface area contributed by atoms with E-state index >= 15 is 0 Å². The first kappa shape index (κ1) is 18.9. The number of thiophene rings is 1. The summed E-state index contributed by atoms with van der Waals surface area (Å²) in [5.74, 6) is -0.0128. The molecule has 26 heavy (non-hydrogen) atoms. The lowest BCUT2D eigenvalue weighted by Crippen LogP contribution is -2.23. The summed E-state index contributed by atoms with van der Waals surface area (Å²) in [6.45, 7) is 6.35. The van der Waals surface area contributed by atoms with E-state index in [-0.39, 0.29) is 17.2 Å². The van der Waals surface area contributed by atoms with Gasteiger partial charge in [-0.15, -0.1) is 11.3 Å². The molecule has 5 nitrogen and oxygen atoms in total. The Hall–Kier alpha value is -1.83. The lowest BCUT2D eigenvalue weighted by atomic mass is 10.2. The third-order valence-corrected chi connectivity index (χ3v) is 6.32. The van der Waals surface area contributed by atoms with Crippen molar-refractivity contribution >= 4 is 56.5 Å². The van der Waals surface area contributed by atoms with Crippen LogP contribution in [0.2, 0.25) is 5.02 Å². The van der Waals surface area contributed by atoms with Gasteiger partial charge in [0, 0.05) is 22.1 Å². The highest BCUT2D eigenvalue weighted by atomic mass is 35.5. The second-order valence-corrected chi connectivity index (χ2v) is 8.34. The molecule has 0 aliphatic heterocycles. The summed E-state index contributed by atoms with van der Waals surface area (Å²) < 4.78 is 1.62. The van der Waals surface area contributed by atoms with E-state index in [9.17, 15) is 9.59 Å². The molecule has 3 aromatic rings. The Morgan fingerprint density at radius 1 is 1.38 bits per heavy atom. The largest absolute Gasteiger partial charge is 0.325 e. The number of thioether (sulfide) groups is 1. The standard InChI is InChI=1S/C18H18ClN3O2S2/c1-4-22-17(24)15-10(2)11(3)26-16(15)21-18(22)25-9-14(23)20-13-7-5-6-12(19)8-13/h5-8H,4,9H2,1-3H3,(H,20,23). The van der Waals surface area contributed by atoms with Crippen LogP contribution in [0, 0.1) is 13.8 Å². The molecule has 0 radical (unpaired) electrons. The van der Waals surface area contributed by atoms with E-state index in [1.165, 1.54) is 23.1 Å². The summed E-state index contributed by atoms with van der Waals surface area (Å²) in [7, 11) is 0. The molecule has 0 saturated heterocycles. The van der Waals surface area contributed by atoms with Crippen molar-refractivity contribution in [1.29, 1.82) is 0 Å². The molecule has 136 valence electrons. The molecule has 0 saturated carbocycles. The number of nitrogens with one attached hydrogen (secondary N) is 1. The van der Waals surface area contributed by atoms with Crippen LogP contribution < -0.4 is 10.9 Å². The molecule has 0 atom stereocenters. The van der Waals surface area contributed by atoms with Gasteiger partial charge in [-0.1, -0.05) is 29.4 Å². The number of aryl methyl sites for hydroxylation is 2. The number of hydrogen-bond acceptors (Lipinski definition) is 5. The van der Waals surface area contributed by atoms with Gasteiger partial charge in [-0.25, -0.2) is 4.98 Å². The Morgan fingerprint density at radius 3 is 2.85 bits per heavy atom. The Balaban J connectivity index is 1.82. The highest BCUT2D eigenvalue weighted by Gasteiger charge is 2.17. The maximum Gasteiger partial charge on any atom is 0.263 e. The fraction of sp³-hybridized carbons (Fsp3) is 0.278. The third-order valence-electron chi connectivity index (χ3n) is 4.01. The molecule has 1 aromatic carbocycles. The molecule has 0 bridgehead atoms. The number of benzene rings is 1. The summed E-state index contributed by atoms with van der Waals surface area (Å²) in [6, 6.07) is 6.98. The van der Waals surface area contributed by atoms with Gasteiger partial charge in [-0.3, -0.25) is 14.2 Å². The zero-order valence-electron chi connectivity index (χ0n) is 14.6. The number of halogens is 1. The molecule has 2 heterocycles. The van der Waals surface area contributed by atoms with Crippen molar-refractivity contribution < 1.29 is 4.79 Å². The lowest BCUT2D eigenvalue weighted by Gasteiger charge is -2.10. The van der Waals surface area contributed by atoms with Gasteiger partial charge in [0.25, 0.3) is 5.56 Å². The first-order valence-electron chi connectivity index (χ1n) is 8.09. The Morgan fingerprint density at radius 2 is 2.15 bits per heavy atom. The van der Waals surface area contributed by atoms with Gasteiger partial charge in [-0.05, 0) is 44.5 Å². The highest BCUT2D eigenvalue weighted by molar-refractivity contribution is 7.99. The van der Waals surface area contributed by atoms with Crippen LogP contribution in [0.15, 0.2) is 34.2 Å². The number of carbonyl (C=O) groups is 1. The smallest absolute Gasteiger partial charge is 0.263 e. The van der Waals surface area contributed by atoms with E-state index in [0.29, 0.717) is 27.8 Å². The van der Waals surface area contributed by atoms with Crippen molar-refractivity contribution in [3.63, 3.8) is 0 Å². The minimum absolute atomic E-state index is 0.0444. The summed E-state index contributed by atoms with van der Waals surface area (Å²) in [6.07, 6.45) is 0. The quantitative estimate of drug-likeness (QED) is 0.500. The van der Waals surface area contributed by atoms with Gasteiger partial charge in [0.15, 0.2) is 5.16 Å². The van der Waals surface area contributed by atoms with E-state index in [0.717, 1.165) is 15.3 Å². The topological polar surface area (TPSA) is 64.0 Å². The van der Waals surface area contributed by atoms with Crippen LogP contribution in [0.3, 0.4) is 0 Å². The summed E-state index contributed by atoms with van der Waals surface area (Å²) >= 11 is 8.70. The summed E-state index contributed by atoms with van der Waals surface area (Å²) in [5, 5.41) is 4.60. The maximum atomic E-state index is 12.8. The predicted octanol–water partition coefficient (Wildman–Crippen LogP) is 4.48. The van der Waals surface area contributed by atoms with Crippen LogP contribution >= 0.6 is 34.7 Å². The van der Waals surface area contributed by atoms with Crippen molar-refractivity contribution in [2.24, 2.45) is 0 Å². The molecule has 0 aliphatic rings. The molecule has 0 aliphatic carbocycles. The van der Waals surface area contributed by atoms with Crippen molar-refractivity contribution in [2.75, 3.05) is 11.1 Å². The number of amides is 1. The minimum Gasteiger partial charge on any atom is -0.325 e. The second kappa shape index (κ2) is 7.82. The van der Waals surface area contributed by atoms with Gasteiger partial charge in [0.05, 0.1) is 11.1 Å². The van der Waals surface area contributed by atoms with Crippen molar-refractivity contribution in [3.8, 4) is 0 Å². The van der Waals surface area contributed by atoms with Crippen LogP contribution in [0.5, 0.6) is 0 Å². The fourth-order valence-electron chi connectivity index (χ4n) is 2.59. The number of hydrogen-bond donors (Lipinski definition) is 1. The van der Waals surface area contributed by atoms with Crippen LogP contribution in [-0.4, -0.2) is 21.2 Å². The number of fused-ring (bicyclic) bond motifs is 1. The Bertz CT molecular complexity index is 1040. The van der Waals surface area contributed by atoms with Gasteiger partial charge in [0.1, 0.15) is 4.83 Å². The van der Waals surface area contributed by atoms with E-state index in [4.69, 9.17) is 11.6 Å². The monoisotopic (exact) mass is 407 g/mol.